The summed E-state index contributed by atoms with van der Waals surface area (Å²) in [4.78, 5) is 0. The van der Waals surface area contributed by atoms with Crippen LogP contribution in [0.15, 0.2) is 48.5 Å². The zero-order valence-corrected chi connectivity index (χ0v) is 11.0. The fourth-order valence-electron chi connectivity index (χ4n) is 2.12. The van der Waals surface area contributed by atoms with Crippen LogP contribution in [-0.4, -0.2) is 6.54 Å². The van der Waals surface area contributed by atoms with Gasteiger partial charge < -0.3 is 11.1 Å². The highest BCUT2D eigenvalue weighted by Crippen LogP contribution is 2.27. The zero-order chi connectivity index (χ0) is 13.0. The third-order valence-corrected chi connectivity index (χ3v) is 3.07. The van der Waals surface area contributed by atoms with Crippen LogP contribution in [0.3, 0.4) is 0 Å². The standard InChI is InChI=1S/C16H20N2/c1-3-18-15-11-12(2)9-10-14(15)16(17)13-7-5-4-6-8-13/h4-11,16,18H,3,17H2,1-2H3. The summed E-state index contributed by atoms with van der Waals surface area (Å²) in [6, 6.07) is 16.5. The predicted molar refractivity (Wildman–Crippen MR) is 77.8 cm³/mol. The van der Waals surface area contributed by atoms with Gasteiger partial charge in [0, 0.05) is 12.2 Å². The maximum Gasteiger partial charge on any atom is 0.0572 e. The van der Waals surface area contributed by atoms with Crippen LogP contribution in [0, 0.1) is 6.92 Å². The van der Waals surface area contributed by atoms with Gasteiger partial charge in [-0.05, 0) is 36.6 Å². The Morgan fingerprint density at radius 3 is 2.50 bits per heavy atom. The third kappa shape index (κ3) is 2.71. The van der Waals surface area contributed by atoms with E-state index in [2.05, 4.69) is 49.5 Å². The fourth-order valence-corrected chi connectivity index (χ4v) is 2.12. The van der Waals surface area contributed by atoms with Crippen molar-refractivity contribution < 1.29 is 0 Å². The first-order valence-electron chi connectivity index (χ1n) is 6.37. The Hall–Kier alpha value is -1.80. The molecular weight excluding hydrogens is 220 g/mol. The van der Waals surface area contributed by atoms with Gasteiger partial charge in [-0.25, -0.2) is 0 Å². The fraction of sp³-hybridized carbons (Fsp3) is 0.250. The summed E-state index contributed by atoms with van der Waals surface area (Å²) in [5, 5.41) is 3.39. The van der Waals surface area contributed by atoms with Gasteiger partial charge in [0.05, 0.1) is 6.04 Å². The third-order valence-electron chi connectivity index (χ3n) is 3.07. The average molecular weight is 240 g/mol. The minimum atomic E-state index is -0.0825. The lowest BCUT2D eigenvalue weighted by Gasteiger charge is -2.18. The zero-order valence-electron chi connectivity index (χ0n) is 11.0. The maximum absolute atomic E-state index is 6.36. The molecule has 0 bridgehead atoms. The number of nitrogens with two attached hydrogens (primary N) is 1. The first kappa shape index (κ1) is 12.7. The van der Waals surface area contributed by atoms with E-state index in [0.29, 0.717) is 0 Å². The summed E-state index contributed by atoms with van der Waals surface area (Å²) in [6.45, 7) is 5.09. The monoisotopic (exact) mass is 240 g/mol. The summed E-state index contributed by atoms with van der Waals surface area (Å²) < 4.78 is 0. The molecule has 0 saturated carbocycles. The molecule has 0 spiro atoms. The molecule has 1 atom stereocenters. The molecule has 2 rings (SSSR count). The molecule has 0 saturated heterocycles. The number of benzene rings is 2. The molecule has 0 aliphatic heterocycles. The van der Waals surface area contributed by atoms with Gasteiger partial charge in [0.1, 0.15) is 0 Å². The summed E-state index contributed by atoms with van der Waals surface area (Å²) in [7, 11) is 0. The number of rotatable bonds is 4. The minimum Gasteiger partial charge on any atom is -0.385 e. The topological polar surface area (TPSA) is 38.0 Å². The normalized spacial score (nSPS) is 12.2. The van der Waals surface area contributed by atoms with Gasteiger partial charge in [-0.15, -0.1) is 0 Å². The summed E-state index contributed by atoms with van der Waals surface area (Å²) in [5.41, 5.74) is 11.0. The van der Waals surface area contributed by atoms with Gasteiger partial charge in [-0.2, -0.15) is 0 Å². The molecule has 2 nitrogen and oxygen atoms in total. The van der Waals surface area contributed by atoms with E-state index >= 15 is 0 Å². The number of anilines is 1. The highest BCUT2D eigenvalue weighted by Gasteiger charge is 2.12. The molecular formula is C16H20N2. The van der Waals surface area contributed by atoms with E-state index in [9.17, 15) is 0 Å². The van der Waals surface area contributed by atoms with Crippen molar-refractivity contribution in [1.82, 2.24) is 0 Å². The lowest BCUT2D eigenvalue weighted by Crippen LogP contribution is -2.14. The second kappa shape index (κ2) is 5.69. The van der Waals surface area contributed by atoms with E-state index in [1.54, 1.807) is 0 Å². The van der Waals surface area contributed by atoms with Crippen molar-refractivity contribution in [1.29, 1.82) is 0 Å². The first-order chi connectivity index (χ1) is 8.72. The smallest absolute Gasteiger partial charge is 0.0572 e. The molecule has 18 heavy (non-hydrogen) atoms. The number of aryl methyl sites for hydroxylation is 1. The Morgan fingerprint density at radius 1 is 1.11 bits per heavy atom. The molecule has 0 aliphatic carbocycles. The van der Waals surface area contributed by atoms with Crippen molar-refractivity contribution in [2.24, 2.45) is 5.73 Å². The highest BCUT2D eigenvalue weighted by atomic mass is 14.9. The van der Waals surface area contributed by atoms with E-state index < -0.39 is 0 Å². The van der Waals surface area contributed by atoms with Crippen LogP contribution in [0.25, 0.3) is 0 Å². The molecule has 0 amide bonds. The van der Waals surface area contributed by atoms with E-state index in [0.717, 1.165) is 23.4 Å². The second-order valence-electron chi connectivity index (χ2n) is 4.51. The van der Waals surface area contributed by atoms with Crippen LogP contribution >= 0.6 is 0 Å². The van der Waals surface area contributed by atoms with Crippen LogP contribution in [0.2, 0.25) is 0 Å². The molecule has 0 aromatic heterocycles. The van der Waals surface area contributed by atoms with E-state index in [1.807, 2.05) is 18.2 Å². The molecule has 3 N–H and O–H groups in total. The molecule has 0 aliphatic rings. The van der Waals surface area contributed by atoms with Crippen molar-refractivity contribution >= 4 is 5.69 Å². The van der Waals surface area contributed by atoms with E-state index in [-0.39, 0.29) is 6.04 Å². The van der Waals surface area contributed by atoms with E-state index in [1.165, 1.54) is 5.56 Å². The van der Waals surface area contributed by atoms with Crippen molar-refractivity contribution in [2.75, 3.05) is 11.9 Å². The Kier molecular flexibility index (Phi) is 4.00. The summed E-state index contributed by atoms with van der Waals surface area (Å²) in [6.07, 6.45) is 0. The molecule has 94 valence electrons. The summed E-state index contributed by atoms with van der Waals surface area (Å²) >= 11 is 0. The Balaban J connectivity index is 2.38. The first-order valence-corrected chi connectivity index (χ1v) is 6.37. The van der Waals surface area contributed by atoms with Gasteiger partial charge in [-0.3, -0.25) is 0 Å². The van der Waals surface area contributed by atoms with Crippen LogP contribution in [0.1, 0.15) is 29.7 Å². The minimum absolute atomic E-state index is 0.0825. The van der Waals surface area contributed by atoms with Crippen LogP contribution in [0.4, 0.5) is 5.69 Å². The lowest BCUT2D eigenvalue weighted by atomic mass is 9.97. The molecule has 0 radical (unpaired) electrons. The van der Waals surface area contributed by atoms with Crippen molar-refractivity contribution in [3.63, 3.8) is 0 Å². The molecule has 2 aromatic rings. The van der Waals surface area contributed by atoms with Gasteiger partial charge >= 0.3 is 0 Å². The number of nitrogens with one attached hydrogen (secondary N) is 1. The van der Waals surface area contributed by atoms with Crippen molar-refractivity contribution in [3.05, 3.63) is 65.2 Å². The van der Waals surface area contributed by atoms with Gasteiger partial charge in [-0.1, -0.05) is 42.5 Å². The van der Waals surface area contributed by atoms with E-state index in [4.69, 9.17) is 5.73 Å². The molecule has 1 unspecified atom stereocenters. The maximum atomic E-state index is 6.36. The van der Waals surface area contributed by atoms with Crippen LogP contribution in [-0.2, 0) is 0 Å². The molecule has 0 fully saturated rings. The highest BCUT2D eigenvalue weighted by molar-refractivity contribution is 5.56. The lowest BCUT2D eigenvalue weighted by molar-refractivity contribution is 0.870. The molecule has 2 aromatic carbocycles. The average Bonchev–Trinajstić information content (AvgIpc) is 2.40. The predicted octanol–water partition coefficient (Wildman–Crippen LogP) is 3.47. The molecule has 2 heteroatoms. The SMILES string of the molecule is CCNc1cc(C)ccc1C(N)c1ccccc1. The van der Waals surface area contributed by atoms with Gasteiger partial charge in [0.15, 0.2) is 0 Å². The largest absolute Gasteiger partial charge is 0.385 e. The quantitative estimate of drug-likeness (QED) is 0.858. The van der Waals surface area contributed by atoms with Crippen LogP contribution < -0.4 is 11.1 Å². The Bertz CT molecular complexity index is 506. The number of hydrogen-bond donors (Lipinski definition) is 2. The van der Waals surface area contributed by atoms with Gasteiger partial charge in [0.2, 0.25) is 0 Å². The van der Waals surface area contributed by atoms with Crippen LogP contribution in [0.5, 0.6) is 0 Å². The Labute approximate surface area is 109 Å². The van der Waals surface area contributed by atoms with Crippen molar-refractivity contribution in [2.45, 2.75) is 19.9 Å². The Morgan fingerprint density at radius 2 is 1.83 bits per heavy atom. The molecule has 0 heterocycles. The van der Waals surface area contributed by atoms with Crippen molar-refractivity contribution in [3.8, 4) is 0 Å². The second-order valence-corrected chi connectivity index (χ2v) is 4.51. The number of hydrogen-bond acceptors (Lipinski definition) is 2. The van der Waals surface area contributed by atoms with Gasteiger partial charge in [0.25, 0.3) is 0 Å². The summed E-state index contributed by atoms with van der Waals surface area (Å²) in [5.74, 6) is 0.